The fourth-order valence-electron chi connectivity index (χ4n) is 1.39. The minimum absolute atomic E-state index is 0.193. The molecule has 4 heteroatoms. The Morgan fingerprint density at radius 1 is 1.33 bits per heavy atom. The van der Waals surface area contributed by atoms with E-state index in [4.69, 9.17) is 5.26 Å². The molecule has 1 unspecified atom stereocenters. The standard InChI is InChI=1S/C11H10Br2N2/c12-9-4-1-7(5-10(9)13)11(6-14)15-8-2-3-8/h1,4-5,8,11,15H,2-3H2. The van der Waals surface area contributed by atoms with Gasteiger partial charge in [-0.1, -0.05) is 6.07 Å². The molecule has 1 saturated carbocycles. The van der Waals surface area contributed by atoms with Gasteiger partial charge in [0.1, 0.15) is 6.04 Å². The summed E-state index contributed by atoms with van der Waals surface area (Å²) in [5.74, 6) is 0. The van der Waals surface area contributed by atoms with E-state index >= 15 is 0 Å². The summed E-state index contributed by atoms with van der Waals surface area (Å²) < 4.78 is 1.99. The lowest BCUT2D eigenvalue weighted by atomic mass is 10.1. The fraction of sp³-hybridized carbons (Fsp3) is 0.364. The Kier molecular flexibility index (Phi) is 3.45. The number of halogens is 2. The van der Waals surface area contributed by atoms with Crippen LogP contribution < -0.4 is 5.32 Å². The van der Waals surface area contributed by atoms with E-state index in [-0.39, 0.29) is 6.04 Å². The second kappa shape index (κ2) is 4.65. The van der Waals surface area contributed by atoms with E-state index in [1.54, 1.807) is 0 Å². The summed E-state index contributed by atoms with van der Waals surface area (Å²) in [5, 5.41) is 12.4. The Morgan fingerprint density at radius 2 is 2.07 bits per heavy atom. The number of hydrogen-bond donors (Lipinski definition) is 1. The first-order valence-corrected chi connectivity index (χ1v) is 6.40. The number of nitrogens with one attached hydrogen (secondary N) is 1. The average Bonchev–Trinajstić information content (AvgIpc) is 3.02. The molecule has 0 amide bonds. The molecule has 0 spiro atoms. The maximum atomic E-state index is 9.08. The van der Waals surface area contributed by atoms with Gasteiger partial charge < -0.3 is 0 Å². The van der Waals surface area contributed by atoms with Crippen LogP contribution in [0.25, 0.3) is 0 Å². The third-order valence-electron chi connectivity index (χ3n) is 2.39. The molecule has 1 fully saturated rings. The van der Waals surface area contributed by atoms with E-state index in [0.29, 0.717) is 6.04 Å². The summed E-state index contributed by atoms with van der Waals surface area (Å²) in [7, 11) is 0. The molecule has 1 aromatic rings. The Balaban J connectivity index is 2.18. The number of nitrogens with zero attached hydrogens (tertiary/aromatic N) is 1. The van der Waals surface area contributed by atoms with Crippen LogP contribution in [0, 0.1) is 11.3 Å². The Hall–Kier alpha value is -0.370. The van der Waals surface area contributed by atoms with Crippen molar-refractivity contribution in [3.05, 3.63) is 32.7 Å². The maximum Gasteiger partial charge on any atom is 0.121 e. The van der Waals surface area contributed by atoms with Crippen molar-refractivity contribution in [3.8, 4) is 6.07 Å². The van der Waals surface area contributed by atoms with Crippen molar-refractivity contribution in [3.63, 3.8) is 0 Å². The molecule has 1 N–H and O–H groups in total. The SMILES string of the molecule is N#CC(NC1CC1)c1ccc(Br)c(Br)c1. The number of hydrogen-bond acceptors (Lipinski definition) is 2. The van der Waals surface area contributed by atoms with Crippen LogP contribution in [0.2, 0.25) is 0 Å². The van der Waals surface area contributed by atoms with Crippen LogP contribution in [0.3, 0.4) is 0 Å². The lowest BCUT2D eigenvalue weighted by Crippen LogP contribution is -2.21. The van der Waals surface area contributed by atoms with Gasteiger partial charge in [-0.3, -0.25) is 5.32 Å². The maximum absolute atomic E-state index is 9.08. The molecule has 1 aliphatic carbocycles. The first-order valence-electron chi connectivity index (χ1n) is 4.81. The minimum Gasteiger partial charge on any atom is -0.295 e. The first-order chi connectivity index (χ1) is 7.20. The summed E-state index contributed by atoms with van der Waals surface area (Å²) >= 11 is 6.85. The summed E-state index contributed by atoms with van der Waals surface area (Å²) in [6, 6.07) is 8.54. The molecule has 1 aliphatic rings. The topological polar surface area (TPSA) is 35.8 Å². The Bertz CT molecular complexity index is 408. The molecule has 1 atom stereocenters. The molecule has 0 bridgehead atoms. The third kappa shape index (κ3) is 2.81. The van der Waals surface area contributed by atoms with E-state index in [1.807, 2.05) is 18.2 Å². The molecular weight excluding hydrogens is 320 g/mol. The van der Waals surface area contributed by atoms with Crippen molar-refractivity contribution in [2.45, 2.75) is 24.9 Å². The van der Waals surface area contributed by atoms with Gasteiger partial charge in [-0.2, -0.15) is 5.26 Å². The summed E-state index contributed by atoms with van der Waals surface area (Å²) in [5.41, 5.74) is 1.01. The summed E-state index contributed by atoms with van der Waals surface area (Å²) in [4.78, 5) is 0. The molecule has 0 aliphatic heterocycles. The van der Waals surface area contributed by atoms with E-state index < -0.39 is 0 Å². The lowest BCUT2D eigenvalue weighted by Gasteiger charge is -2.11. The average molecular weight is 330 g/mol. The van der Waals surface area contributed by atoms with E-state index in [2.05, 4.69) is 43.2 Å². The number of benzene rings is 1. The normalized spacial score (nSPS) is 17.1. The quantitative estimate of drug-likeness (QED) is 0.920. The van der Waals surface area contributed by atoms with E-state index in [1.165, 1.54) is 12.8 Å². The molecule has 15 heavy (non-hydrogen) atoms. The molecule has 1 aromatic carbocycles. The molecule has 0 heterocycles. The first kappa shape index (κ1) is 11.1. The van der Waals surface area contributed by atoms with Crippen LogP contribution in [-0.4, -0.2) is 6.04 Å². The van der Waals surface area contributed by atoms with Gasteiger partial charge >= 0.3 is 0 Å². The second-order valence-electron chi connectivity index (χ2n) is 3.68. The van der Waals surface area contributed by atoms with Gasteiger partial charge in [0, 0.05) is 15.0 Å². The van der Waals surface area contributed by atoms with Crippen molar-refractivity contribution in [1.29, 1.82) is 5.26 Å². The van der Waals surface area contributed by atoms with Crippen LogP contribution >= 0.6 is 31.9 Å². The van der Waals surface area contributed by atoms with Crippen LogP contribution in [0.1, 0.15) is 24.4 Å². The monoisotopic (exact) mass is 328 g/mol. The van der Waals surface area contributed by atoms with Crippen LogP contribution in [0.4, 0.5) is 0 Å². The molecular formula is C11H10Br2N2. The summed E-state index contributed by atoms with van der Waals surface area (Å²) in [6.45, 7) is 0. The summed E-state index contributed by atoms with van der Waals surface area (Å²) in [6.07, 6.45) is 2.38. The Labute approximate surface area is 106 Å². The van der Waals surface area contributed by atoms with Crippen LogP contribution in [-0.2, 0) is 0 Å². The Morgan fingerprint density at radius 3 is 2.60 bits per heavy atom. The fourth-order valence-corrected chi connectivity index (χ4v) is 2.03. The molecule has 78 valence electrons. The molecule has 2 nitrogen and oxygen atoms in total. The van der Waals surface area contributed by atoms with Gasteiger partial charge in [0.15, 0.2) is 0 Å². The van der Waals surface area contributed by atoms with Crippen molar-refractivity contribution < 1.29 is 0 Å². The van der Waals surface area contributed by atoms with Gasteiger partial charge in [-0.15, -0.1) is 0 Å². The largest absolute Gasteiger partial charge is 0.295 e. The second-order valence-corrected chi connectivity index (χ2v) is 5.39. The van der Waals surface area contributed by atoms with E-state index in [0.717, 1.165) is 14.5 Å². The lowest BCUT2D eigenvalue weighted by molar-refractivity contribution is 0.625. The third-order valence-corrected chi connectivity index (χ3v) is 4.27. The number of rotatable bonds is 3. The molecule has 0 aromatic heterocycles. The zero-order valence-electron chi connectivity index (χ0n) is 8.00. The highest BCUT2D eigenvalue weighted by Crippen LogP contribution is 2.28. The molecule has 0 saturated heterocycles. The van der Waals surface area contributed by atoms with Gasteiger partial charge in [-0.05, 0) is 62.4 Å². The van der Waals surface area contributed by atoms with Gasteiger partial charge in [-0.25, -0.2) is 0 Å². The van der Waals surface area contributed by atoms with Gasteiger partial charge in [0.2, 0.25) is 0 Å². The zero-order valence-corrected chi connectivity index (χ0v) is 11.2. The predicted molar refractivity (Wildman–Crippen MR) is 66.4 cm³/mol. The number of nitriles is 1. The van der Waals surface area contributed by atoms with Gasteiger partial charge in [0.05, 0.1) is 6.07 Å². The van der Waals surface area contributed by atoms with Crippen molar-refractivity contribution in [2.24, 2.45) is 0 Å². The van der Waals surface area contributed by atoms with Gasteiger partial charge in [0.25, 0.3) is 0 Å². The van der Waals surface area contributed by atoms with Crippen LogP contribution in [0.5, 0.6) is 0 Å². The molecule has 2 rings (SSSR count). The zero-order chi connectivity index (χ0) is 10.8. The predicted octanol–water partition coefficient (Wildman–Crippen LogP) is 3.53. The highest BCUT2D eigenvalue weighted by molar-refractivity contribution is 9.13. The molecule has 0 radical (unpaired) electrons. The van der Waals surface area contributed by atoms with Crippen molar-refractivity contribution in [2.75, 3.05) is 0 Å². The highest BCUT2D eigenvalue weighted by Gasteiger charge is 2.25. The van der Waals surface area contributed by atoms with Crippen LogP contribution in [0.15, 0.2) is 27.1 Å². The van der Waals surface area contributed by atoms with Crippen molar-refractivity contribution >= 4 is 31.9 Å². The van der Waals surface area contributed by atoms with Crippen molar-refractivity contribution in [1.82, 2.24) is 5.32 Å². The highest BCUT2D eigenvalue weighted by atomic mass is 79.9. The van der Waals surface area contributed by atoms with E-state index in [9.17, 15) is 0 Å². The smallest absolute Gasteiger partial charge is 0.121 e. The minimum atomic E-state index is -0.193.